The third kappa shape index (κ3) is 3.49. The first-order chi connectivity index (χ1) is 12.9. The molecule has 0 radical (unpaired) electrons. The average Bonchev–Trinajstić information content (AvgIpc) is 3.03. The van der Waals surface area contributed by atoms with Crippen LogP contribution in [0.3, 0.4) is 0 Å². The fourth-order valence-electron chi connectivity index (χ4n) is 2.58. The molecule has 3 aromatic rings. The smallest absolute Gasteiger partial charge is 0.263 e. The van der Waals surface area contributed by atoms with Crippen molar-refractivity contribution in [2.45, 2.75) is 4.90 Å². The van der Waals surface area contributed by atoms with Crippen LogP contribution in [-0.4, -0.2) is 43.2 Å². The van der Waals surface area contributed by atoms with Gasteiger partial charge < -0.3 is 15.9 Å². The number of hydrogen-bond acceptors (Lipinski definition) is 7. The van der Waals surface area contributed by atoms with Crippen molar-refractivity contribution in [3.05, 3.63) is 42.4 Å². The normalized spacial score (nSPS) is 12.2. The summed E-state index contributed by atoms with van der Waals surface area (Å²) in [5.74, 6) is 0.528. The third-order valence-electron chi connectivity index (χ3n) is 3.86. The van der Waals surface area contributed by atoms with E-state index in [1.54, 1.807) is 37.1 Å². The highest BCUT2D eigenvalue weighted by molar-refractivity contribution is 7.92. The predicted octanol–water partition coefficient (Wildman–Crippen LogP) is 0.617. The molecule has 0 amide bonds. The first-order valence-electron chi connectivity index (χ1n) is 7.85. The zero-order valence-corrected chi connectivity index (χ0v) is 15.8. The Morgan fingerprint density at radius 2 is 2.04 bits per heavy atom. The van der Waals surface area contributed by atoms with Crippen molar-refractivity contribution in [3.63, 3.8) is 0 Å². The van der Waals surface area contributed by atoms with Gasteiger partial charge in [0.2, 0.25) is 0 Å². The van der Waals surface area contributed by atoms with E-state index < -0.39 is 10.0 Å². The van der Waals surface area contributed by atoms with Crippen LogP contribution in [0.4, 0.5) is 5.69 Å². The standard InChI is InChI=1S/C16H19N7O3S/c1-18-21-16(17)12-6-5-11(9-19-12)27(24,25)22-14-13(26-3)7-4-10-8-20-23(2)15(10)14/h4-9,18,22H,1-3H3,(H2,17,21). The Labute approximate surface area is 156 Å². The Hall–Kier alpha value is -3.34. The van der Waals surface area contributed by atoms with Gasteiger partial charge in [-0.05, 0) is 24.3 Å². The van der Waals surface area contributed by atoms with Crippen molar-refractivity contribution in [1.82, 2.24) is 20.2 Å². The molecule has 0 aliphatic heterocycles. The zero-order valence-electron chi connectivity index (χ0n) is 15.0. The van der Waals surface area contributed by atoms with Crippen LogP contribution in [0.2, 0.25) is 0 Å². The number of hydrazone groups is 1. The molecule has 2 aromatic heterocycles. The van der Waals surface area contributed by atoms with E-state index in [4.69, 9.17) is 10.5 Å². The van der Waals surface area contributed by atoms with Gasteiger partial charge in [-0.25, -0.2) is 8.42 Å². The molecule has 0 fully saturated rings. The SMILES string of the molecule is CNN=C(N)c1ccc(S(=O)(=O)Nc2c(OC)ccc3cnn(C)c23)cn1. The fourth-order valence-corrected chi connectivity index (χ4v) is 3.60. The van der Waals surface area contributed by atoms with Crippen LogP contribution in [0.25, 0.3) is 10.9 Å². The molecule has 0 atom stereocenters. The minimum atomic E-state index is -3.92. The largest absolute Gasteiger partial charge is 0.494 e. The predicted molar refractivity (Wildman–Crippen MR) is 102 cm³/mol. The van der Waals surface area contributed by atoms with E-state index in [2.05, 4.69) is 25.3 Å². The molecule has 3 rings (SSSR count). The van der Waals surface area contributed by atoms with Gasteiger partial charge >= 0.3 is 0 Å². The Kier molecular flexibility index (Phi) is 4.86. The third-order valence-corrected chi connectivity index (χ3v) is 5.20. The van der Waals surface area contributed by atoms with Crippen LogP contribution in [0.15, 0.2) is 46.7 Å². The highest BCUT2D eigenvalue weighted by Crippen LogP contribution is 2.34. The topological polar surface area (TPSA) is 137 Å². The van der Waals surface area contributed by atoms with Gasteiger partial charge in [-0.1, -0.05) is 0 Å². The number of rotatable bonds is 6. The summed E-state index contributed by atoms with van der Waals surface area (Å²) in [4.78, 5) is 4.03. The van der Waals surface area contributed by atoms with Gasteiger partial charge in [0.05, 0.1) is 18.8 Å². The summed E-state index contributed by atoms with van der Waals surface area (Å²) < 4.78 is 35.1. The highest BCUT2D eigenvalue weighted by atomic mass is 32.2. The van der Waals surface area contributed by atoms with Crippen LogP contribution >= 0.6 is 0 Å². The van der Waals surface area contributed by atoms with Crippen LogP contribution in [-0.2, 0) is 17.1 Å². The molecule has 0 aliphatic rings. The van der Waals surface area contributed by atoms with Gasteiger partial charge in [-0.3, -0.25) is 14.4 Å². The van der Waals surface area contributed by atoms with Crippen molar-refractivity contribution in [3.8, 4) is 5.75 Å². The van der Waals surface area contributed by atoms with Crippen molar-refractivity contribution in [2.75, 3.05) is 18.9 Å². The number of nitrogens with one attached hydrogen (secondary N) is 2. The summed E-state index contributed by atoms with van der Waals surface area (Å²) in [5, 5.41) is 8.75. The van der Waals surface area contributed by atoms with E-state index in [0.29, 0.717) is 22.6 Å². The molecule has 0 aliphatic carbocycles. The molecule has 0 unspecified atom stereocenters. The van der Waals surface area contributed by atoms with Gasteiger partial charge in [0.15, 0.2) is 5.84 Å². The number of ether oxygens (including phenoxy) is 1. The van der Waals surface area contributed by atoms with E-state index in [-0.39, 0.29) is 10.7 Å². The number of aryl methyl sites for hydroxylation is 1. The van der Waals surface area contributed by atoms with Crippen molar-refractivity contribution in [2.24, 2.45) is 17.9 Å². The molecule has 27 heavy (non-hydrogen) atoms. The minimum absolute atomic E-state index is 0.0234. The molecule has 0 spiro atoms. The molecule has 0 bridgehead atoms. The van der Waals surface area contributed by atoms with Gasteiger partial charge in [0.1, 0.15) is 22.0 Å². The van der Waals surface area contributed by atoms with Crippen molar-refractivity contribution < 1.29 is 13.2 Å². The minimum Gasteiger partial charge on any atom is -0.494 e. The molecule has 4 N–H and O–H groups in total. The maximum absolute atomic E-state index is 12.8. The number of amidine groups is 1. The van der Waals surface area contributed by atoms with Gasteiger partial charge in [-0.15, -0.1) is 0 Å². The van der Waals surface area contributed by atoms with Crippen LogP contribution in [0.1, 0.15) is 5.69 Å². The van der Waals surface area contributed by atoms with Crippen LogP contribution in [0.5, 0.6) is 5.75 Å². The number of anilines is 1. The second kappa shape index (κ2) is 7.11. The maximum atomic E-state index is 12.8. The van der Waals surface area contributed by atoms with E-state index in [9.17, 15) is 8.42 Å². The second-order valence-electron chi connectivity index (χ2n) is 5.55. The van der Waals surface area contributed by atoms with E-state index in [1.165, 1.54) is 25.4 Å². The van der Waals surface area contributed by atoms with E-state index in [0.717, 1.165) is 5.39 Å². The number of pyridine rings is 1. The lowest BCUT2D eigenvalue weighted by molar-refractivity contribution is 0.417. The molecule has 0 saturated heterocycles. The van der Waals surface area contributed by atoms with Crippen molar-refractivity contribution in [1.29, 1.82) is 0 Å². The molecule has 2 heterocycles. The summed E-state index contributed by atoms with van der Waals surface area (Å²) in [5.41, 5.74) is 9.53. The Morgan fingerprint density at radius 3 is 2.67 bits per heavy atom. The maximum Gasteiger partial charge on any atom is 0.263 e. The monoisotopic (exact) mass is 389 g/mol. The summed E-state index contributed by atoms with van der Waals surface area (Å²) in [6.07, 6.45) is 2.86. The number of hydrogen-bond donors (Lipinski definition) is 3. The molecule has 11 heteroatoms. The van der Waals surface area contributed by atoms with Gasteiger partial charge in [-0.2, -0.15) is 10.2 Å². The summed E-state index contributed by atoms with van der Waals surface area (Å²) in [7, 11) is 0.872. The highest BCUT2D eigenvalue weighted by Gasteiger charge is 2.21. The molecule has 0 saturated carbocycles. The summed E-state index contributed by atoms with van der Waals surface area (Å²) in [6, 6.07) is 6.36. The summed E-state index contributed by atoms with van der Waals surface area (Å²) >= 11 is 0. The Balaban J connectivity index is 2.01. The van der Waals surface area contributed by atoms with Crippen molar-refractivity contribution >= 4 is 32.4 Å². The molecule has 142 valence electrons. The number of aromatic nitrogens is 3. The van der Waals surface area contributed by atoms with E-state index >= 15 is 0 Å². The zero-order chi connectivity index (χ0) is 19.6. The molecular weight excluding hydrogens is 370 g/mol. The van der Waals surface area contributed by atoms with Crippen LogP contribution < -0.4 is 20.6 Å². The number of methoxy groups -OCH3 is 1. The number of nitrogens with two attached hydrogens (primary N) is 1. The molecule has 1 aromatic carbocycles. The Bertz CT molecular complexity index is 1100. The lowest BCUT2D eigenvalue weighted by atomic mass is 10.2. The number of fused-ring (bicyclic) bond motifs is 1. The molecular formula is C16H19N7O3S. The quantitative estimate of drug-likeness (QED) is 0.319. The first kappa shape index (κ1) is 18.5. The lowest BCUT2D eigenvalue weighted by Crippen LogP contribution is -2.19. The number of sulfonamides is 1. The van der Waals surface area contributed by atoms with Gasteiger partial charge in [0.25, 0.3) is 10.0 Å². The lowest BCUT2D eigenvalue weighted by Gasteiger charge is -2.14. The van der Waals surface area contributed by atoms with Gasteiger partial charge in [0, 0.05) is 25.7 Å². The Morgan fingerprint density at radius 1 is 1.26 bits per heavy atom. The molecule has 10 nitrogen and oxygen atoms in total. The fraction of sp³-hybridized carbons (Fsp3) is 0.188. The number of nitrogens with zero attached hydrogens (tertiary/aromatic N) is 4. The van der Waals surface area contributed by atoms with E-state index in [1.807, 2.05) is 0 Å². The second-order valence-corrected chi connectivity index (χ2v) is 7.24. The average molecular weight is 389 g/mol. The summed E-state index contributed by atoms with van der Waals surface area (Å²) in [6.45, 7) is 0. The first-order valence-corrected chi connectivity index (χ1v) is 9.33. The number of benzene rings is 1. The van der Waals surface area contributed by atoms with Crippen LogP contribution in [0, 0.1) is 0 Å².